The van der Waals surface area contributed by atoms with Crippen LogP contribution in [0.2, 0.25) is 5.02 Å². The highest BCUT2D eigenvalue weighted by molar-refractivity contribution is 14.0. The number of aliphatic imine (C=N–C) groups is 1. The maximum Gasteiger partial charge on any atom is 0.191 e. The van der Waals surface area contributed by atoms with Gasteiger partial charge in [-0.2, -0.15) is 11.8 Å². The molecule has 0 amide bonds. The summed E-state index contributed by atoms with van der Waals surface area (Å²) >= 11 is 7.84. The van der Waals surface area contributed by atoms with Crippen molar-refractivity contribution in [2.75, 3.05) is 19.3 Å². The lowest BCUT2D eigenvalue weighted by Gasteiger charge is -2.30. The number of aliphatic hydroxyl groups is 1. The van der Waals surface area contributed by atoms with Gasteiger partial charge in [-0.05, 0) is 50.1 Å². The number of aliphatic hydroxyl groups excluding tert-OH is 1. The molecule has 142 valence electrons. The van der Waals surface area contributed by atoms with Crippen LogP contribution in [0.5, 0.6) is 0 Å². The van der Waals surface area contributed by atoms with Gasteiger partial charge in [0.25, 0.3) is 0 Å². The predicted molar refractivity (Wildman–Crippen MR) is 121 cm³/mol. The number of nitrogens with one attached hydrogen (secondary N) is 2. The van der Waals surface area contributed by atoms with Gasteiger partial charge in [-0.1, -0.05) is 30.2 Å². The zero-order valence-corrected chi connectivity index (χ0v) is 18.8. The number of hydrogen-bond acceptors (Lipinski definition) is 3. The first kappa shape index (κ1) is 22.9. The monoisotopic (exact) mass is 497 g/mol. The van der Waals surface area contributed by atoms with Crippen molar-refractivity contribution in [1.29, 1.82) is 0 Å². The van der Waals surface area contributed by atoms with Gasteiger partial charge in [0.2, 0.25) is 0 Å². The van der Waals surface area contributed by atoms with E-state index in [1.165, 1.54) is 25.7 Å². The van der Waals surface area contributed by atoms with Crippen LogP contribution in [0.3, 0.4) is 0 Å². The van der Waals surface area contributed by atoms with Gasteiger partial charge in [0, 0.05) is 22.9 Å². The zero-order chi connectivity index (χ0) is 17.4. The van der Waals surface area contributed by atoms with Gasteiger partial charge in [0.05, 0.1) is 12.6 Å². The van der Waals surface area contributed by atoms with E-state index < -0.39 is 6.10 Å². The number of guanidine groups is 1. The molecule has 1 aliphatic carbocycles. The fourth-order valence-electron chi connectivity index (χ4n) is 2.97. The summed E-state index contributed by atoms with van der Waals surface area (Å²) in [6, 6.07) is 7.72. The molecule has 3 N–H and O–H groups in total. The van der Waals surface area contributed by atoms with E-state index in [4.69, 9.17) is 11.6 Å². The third-order valence-corrected chi connectivity index (χ3v) is 5.67. The van der Waals surface area contributed by atoms with Crippen molar-refractivity contribution < 1.29 is 5.11 Å². The number of hydrogen-bond donors (Lipinski definition) is 3. The fraction of sp³-hybridized carbons (Fsp3) is 0.611. The Balaban J connectivity index is 0.00000312. The first-order valence-electron chi connectivity index (χ1n) is 8.63. The van der Waals surface area contributed by atoms with Crippen molar-refractivity contribution in [1.82, 2.24) is 10.6 Å². The summed E-state index contributed by atoms with van der Waals surface area (Å²) < 4.78 is 0. The van der Waals surface area contributed by atoms with Gasteiger partial charge in [0.1, 0.15) is 0 Å². The highest BCUT2D eigenvalue weighted by atomic mass is 127. The molecule has 3 atom stereocenters. The summed E-state index contributed by atoms with van der Waals surface area (Å²) in [5.74, 6) is 0.789. The van der Waals surface area contributed by atoms with Crippen molar-refractivity contribution in [3.05, 3.63) is 34.9 Å². The molecule has 1 aromatic carbocycles. The van der Waals surface area contributed by atoms with Crippen LogP contribution in [0.25, 0.3) is 0 Å². The molecular weight excluding hydrogens is 469 g/mol. The Morgan fingerprint density at radius 3 is 2.72 bits per heavy atom. The van der Waals surface area contributed by atoms with Crippen LogP contribution in [-0.2, 0) is 0 Å². The molecule has 0 heterocycles. The molecule has 7 heteroatoms. The molecule has 4 nitrogen and oxygen atoms in total. The van der Waals surface area contributed by atoms with Crippen molar-refractivity contribution in [3.8, 4) is 0 Å². The van der Waals surface area contributed by atoms with E-state index in [9.17, 15) is 5.11 Å². The lowest BCUT2D eigenvalue weighted by Crippen LogP contribution is -2.45. The fourth-order valence-corrected chi connectivity index (χ4v) is 3.92. The van der Waals surface area contributed by atoms with Gasteiger partial charge in [-0.3, -0.25) is 4.99 Å². The van der Waals surface area contributed by atoms with Crippen molar-refractivity contribution in [2.45, 2.75) is 50.0 Å². The third kappa shape index (κ3) is 7.93. The van der Waals surface area contributed by atoms with Crippen molar-refractivity contribution >= 4 is 53.3 Å². The quantitative estimate of drug-likeness (QED) is 0.313. The number of halogens is 2. The van der Waals surface area contributed by atoms with E-state index in [1.807, 2.05) is 23.9 Å². The molecule has 0 aromatic heterocycles. The summed E-state index contributed by atoms with van der Waals surface area (Å²) in [5.41, 5.74) is 0.833. The van der Waals surface area contributed by atoms with Gasteiger partial charge in [0.15, 0.2) is 5.96 Å². The molecule has 0 spiro atoms. The minimum absolute atomic E-state index is 0. The number of nitrogens with zero attached hydrogens (tertiary/aromatic N) is 1. The SMILES string of the molecule is CCNC(=NCC(O)c1ccc(Cl)cc1)NC1CCCC(SC)C1.I. The lowest BCUT2D eigenvalue weighted by molar-refractivity contribution is 0.187. The second kappa shape index (κ2) is 12.3. The van der Waals surface area contributed by atoms with Crippen LogP contribution in [0.15, 0.2) is 29.3 Å². The number of thioether (sulfide) groups is 1. The maximum absolute atomic E-state index is 10.3. The van der Waals surface area contributed by atoms with Crippen LogP contribution in [0.1, 0.15) is 44.3 Å². The van der Waals surface area contributed by atoms with Crippen molar-refractivity contribution in [2.24, 2.45) is 4.99 Å². The Morgan fingerprint density at radius 2 is 2.08 bits per heavy atom. The van der Waals surface area contributed by atoms with Gasteiger partial charge in [-0.15, -0.1) is 24.0 Å². The standard InChI is InChI=1S/C18H28ClN3OS.HI/c1-3-20-18(22-15-5-4-6-16(11-15)24-2)21-12-17(23)13-7-9-14(19)10-8-13;/h7-10,15-17,23H,3-6,11-12H2,1-2H3,(H2,20,21,22);1H. The van der Waals surface area contributed by atoms with E-state index in [0.29, 0.717) is 17.6 Å². The topological polar surface area (TPSA) is 56.7 Å². The van der Waals surface area contributed by atoms with E-state index in [2.05, 4.69) is 28.8 Å². The Bertz CT molecular complexity index is 530. The summed E-state index contributed by atoms with van der Waals surface area (Å²) in [7, 11) is 0. The van der Waals surface area contributed by atoms with Gasteiger partial charge < -0.3 is 15.7 Å². The van der Waals surface area contributed by atoms with E-state index >= 15 is 0 Å². The largest absolute Gasteiger partial charge is 0.386 e. The van der Waals surface area contributed by atoms with E-state index in [0.717, 1.165) is 23.3 Å². The van der Waals surface area contributed by atoms with Crippen LogP contribution in [0, 0.1) is 0 Å². The Kier molecular flexibility index (Phi) is 11.2. The molecule has 1 aromatic rings. The summed E-state index contributed by atoms with van der Waals surface area (Å²) in [5, 5.41) is 18.5. The van der Waals surface area contributed by atoms with Crippen LogP contribution in [-0.4, -0.2) is 41.7 Å². The normalized spacial score (nSPS) is 22.0. The first-order valence-corrected chi connectivity index (χ1v) is 10.3. The minimum Gasteiger partial charge on any atom is -0.386 e. The van der Waals surface area contributed by atoms with Gasteiger partial charge in [-0.25, -0.2) is 0 Å². The second-order valence-electron chi connectivity index (χ2n) is 6.15. The minimum atomic E-state index is -0.622. The van der Waals surface area contributed by atoms with Crippen LogP contribution in [0.4, 0.5) is 0 Å². The molecule has 25 heavy (non-hydrogen) atoms. The number of benzene rings is 1. The molecule has 0 radical (unpaired) electrons. The van der Waals surface area contributed by atoms with Crippen molar-refractivity contribution in [3.63, 3.8) is 0 Å². The summed E-state index contributed by atoms with van der Waals surface area (Å²) in [6.45, 7) is 3.19. The second-order valence-corrected chi connectivity index (χ2v) is 7.73. The molecule has 1 aliphatic rings. The van der Waals surface area contributed by atoms with Crippen LogP contribution >= 0.6 is 47.3 Å². The highest BCUT2D eigenvalue weighted by Crippen LogP contribution is 2.26. The molecule has 0 saturated heterocycles. The summed E-state index contributed by atoms with van der Waals surface area (Å²) in [4.78, 5) is 4.56. The predicted octanol–water partition coefficient (Wildman–Crippen LogP) is 4.22. The number of rotatable bonds is 6. The Labute approximate surface area is 177 Å². The molecule has 0 bridgehead atoms. The average molecular weight is 498 g/mol. The summed E-state index contributed by atoms with van der Waals surface area (Å²) in [6.07, 6.45) is 6.49. The van der Waals surface area contributed by atoms with E-state index in [1.54, 1.807) is 12.1 Å². The smallest absolute Gasteiger partial charge is 0.191 e. The molecule has 1 saturated carbocycles. The molecule has 0 aliphatic heterocycles. The van der Waals surface area contributed by atoms with Gasteiger partial charge >= 0.3 is 0 Å². The molecule has 1 fully saturated rings. The Hall–Kier alpha value is -0.180. The van der Waals surface area contributed by atoms with Crippen LogP contribution < -0.4 is 10.6 Å². The van der Waals surface area contributed by atoms with E-state index in [-0.39, 0.29) is 24.0 Å². The zero-order valence-electron chi connectivity index (χ0n) is 14.9. The highest BCUT2D eigenvalue weighted by Gasteiger charge is 2.22. The molecular formula is C18H29ClIN3OS. The average Bonchev–Trinajstić information content (AvgIpc) is 2.60. The molecule has 2 rings (SSSR count). The molecule has 3 unspecified atom stereocenters. The maximum atomic E-state index is 10.3. The Morgan fingerprint density at radius 1 is 1.36 bits per heavy atom. The first-order chi connectivity index (χ1) is 11.6. The lowest BCUT2D eigenvalue weighted by atomic mass is 9.95. The third-order valence-electron chi connectivity index (χ3n) is 4.32.